The molecule has 0 aliphatic carbocycles. The number of amides is 2. The summed E-state index contributed by atoms with van der Waals surface area (Å²) >= 11 is 0.838. The lowest BCUT2D eigenvalue weighted by Gasteiger charge is -2.38. The molecule has 0 bridgehead atoms. The number of rotatable bonds is 15. The van der Waals surface area contributed by atoms with E-state index in [1.165, 1.54) is 0 Å². The molecule has 3 N–H and O–H groups in total. The number of phosphoric ester groups is 1. The van der Waals surface area contributed by atoms with E-state index in [4.69, 9.17) is 13.8 Å². The van der Waals surface area contributed by atoms with E-state index in [2.05, 4.69) is 10.6 Å². The summed E-state index contributed by atoms with van der Waals surface area (Å²) in [6.07, 6.45) is -2.39. The monoisotopic (exact) mass is 552 g/mol. The standard InChI is InChI=1S/C21H33N2O11PS/c1-4-32-17(27)6-5-14(24)11-15(25)12-18(28)36-10-9-22-16(26)7-8-23-20(29)19-21(2,3)13-33-35(30,31)34-19/h19H,4-13H2,1-3H3,(H,22,26)(H,23,29)(H,30,31)/t19-/m0/s1. The van der Waals surface area contributed by atoms with Gasteiger partial charge in [-0.2, -0.15) is 0 Å². The van der Waals surface area contributed by atoms with Crippen LogP contribution in [0.5, 0.6) is 0 Å². The Kier molecular flexibility index (Phi) is 13.5. The van der Waals surface area contributed by atoms with E-state index in [0.29, 0.717) is 0 Å². The van der Waals surface area contributed by atoms with Crippen LogP contribution in [0.2, 0.25) is 0 Å². The van der Waals surface area contributed by atoms with Gasteiger partial charge < -0.3 is 20.3 Å². The Morgan fingerprint density at radius 3 is 2.39 bits per heavy atom. The molecule has 0 spiro atoms. The second-order valence-corrected chi connectivity index (χ2v) is 11.1. The van der Waals surface area contributed by atoms with Gasteiger partial charge in [-0.15, -0.1) is 0 Å². The molecule has 0 radical (unpaired) electrons. The first-order valence-electron chi connectivity index (χ1n) is 11.3. The number of esters is 1. The number of nitrogens with one attached hydrogen (secondary N) is 2. The molecule has 1 heterocycles. The highest BCUT2D eigenvalue weighted by molar-refractivity contribution is 8.13. The maximum atomic E-state index is 12.3. The Hall–Kier alpha value is -2.12. The van der Waals surface area contributed by atoms with Gasteiger partial charge in [0.05, 0.1) is 32.5 Å². The molecule has 1 saturated heterocycles. The fourth-order valence-corrected chi connectivity index (χ4v) is 4.82. The van der Waals surface area contributed by atoms with E-state index >= 15 is 0 Å². The van der Waals surface area contributed by atoms with Crippen molar-refractivity contribution in [2.45, 2.75) is 59.0 Å². The number of Topliss-reactive ketones (excluding diaryl/α,β-unsaturated/α-hetero) is 2. The summed E-state index contributed by atoms with van der Waals surface area (Å²) in [5, 5.41) is 4.60. The number of carbonyl (C=O) groups is 6. The summed E-state index contributed by atoms with van der Waals surface area (Å²) in [6, 6.07) is 0. The molecule has 1 aliphatic rings. The van der Waals surface area contributed by atoms with Crippen LogP contribution in [0.15, 0.2) is 0 Å². The van der Waals surface area contributed by atoms with Gasteiger partial charge in [0.1, 0.15) is 11.6 Å². The van der Waals surface area contributed by atoms with E-state index < -0.39 is 66.6 Å². The summed E-state index contributed by atoms with van der Waals surface area (Å²) in [5.41, 5.74) is -0.843. The maximum absolute atomic E-state index is 12.3. The molecule has 1 unspecified atom stereocenters. The SMILES string of the molecule is CCOC(=O)CCC(=O)CC(=O)CC(=O)SCCNC(=O)CCNC(=O)[C@@H]1OP(=O)(O)OCC1(C)C. The van der Waals surface area contributed by atoms with Crippen molar-refractivity contribution in [1.82, 2.24) is 10.6 Å². The van der Waals surface area contributed by atoms with Gasteiger partial charge in [0.25, 0.3) is 0 Å². The zero-order valence-electron chi connectivity index (χ0n) is 20.5. The van der Waals surface area contributed by atoms with Gasteiger partial charge >= 0.3 is 13.8 Å². The van der Waals surface area contributed by atoms with Crippen LogP contribution in [-0.4, -0.2) is 77.5 Å². The molecule has 204 valence electrons. The molecule has 1 fully saturated rings. The Labute approximate surface area is 213 Å². The molecule has 0 saturated carbocycles. The summed E-state index contributed by atoms with van der Waals surface area (Å²) in [4.78, 5) is 80.2. The van der Waals surface area contributed by atoms with Crippen molar-refractivity contribution in [3.05, 3.63) is 0 Å². The van der Waals surface area contributed by atoms with E-state index in [9.17, 15) is 38.2 Å². The van der Waals surface area contributed by atoms with Gasteiger partial charge in [0.15, 0.2) is 11.2 Å². The van der Waals surface area contributed by atoms with Crippen molar-refractivity contribution < 1.29 is 52.0 Å². The summed E-state index contributed by atoms with van der Waals surface area (Å²) in [5.74, 6) is -2.35. The van der Waals surface area contributed by atoms with Crippen molar-refractivity contribution in [3.63, 3.8) is 0 Å². The Morgan fingerprint density at radius 2 is 1.72 bits per heavy atom. The number of ketones is 2. The first-order valence-corrected chi connectivity index (χ1v) is 13.8. The lowest BCUT2D eigenvalue weighted by Crippen LogP contribution is -2.49. The molecular formula is C21H33N2O11PS. The summed E-state index contributed by atoms with van der Waals surface area (Å²) in [6.45, 7) is 5.08. The second-order valence-electron chi connectivity index (χ2n) is 8.56. The van der Waals surface area contributed by atoms with E-state index in [1.807, 2.05) is 0 Å². The minimum absolute atomic E-state index is 0.0397. The van der Waals surface area contributed by atoms with E-state index in [-0.39, 0.29) is 51.3 Å². The van der Waals surface area contributed by atoms with Gasteiger partial charge in [-0.25, -0.2) is 4.57 Å². The minimum Gasteiger partial charge on any atom is -0.466 e. The van der Waals surface area contributed by atoms with Crippen LogP contribution >= 0.6 is 19.6 Å². The lowest BCUT2D eigenvalue weighted by molar-refractivity contribution is -0.144. The molecule has 15 heteroatoms. The van der Waals surface area contributed by atoms with Gasteiger partial charge in [-0.1, -0.05) is 25.6 Å². The van der Waals surface area contributed by atoms with Gasteiger partial charge in [0, 0.05) is 37.1 Å². The predicted octanol–water partition coefficient (Wildman–Crippen LogP) is 0.672. The molecule has 0 aromatic carbocycles. The first kappa shape index (κ1) is 31.9. The highest BCUT2D eigenvalue weighted by Crippen LogP contribution is 2.52. The maximum Gasteiger partial charge on any atom is 0.472 e. The van der Waals surface area contributed by atoms with Crippen molar-refractivity contribution in [1.29, 1.82) is 0 Å². The number of carbonyl (C=O) groups excluding carboxylic acids is 6. The zero-order chi connectivity index (χ0) is 27.4. The predicted molar refractivity (Wildman–Crippen MR) is 128 cm³/mol. The molecule has 13 nitrogen and oxygen atoms in total. The molecule has 0 aromatic rings. The van der Waals surface area contributed by atoms with Crippen LogP contribution in [0, 0.1) is 5.41 Å². The number of thioether (sulfide) groups is 1. The zero-order valence-corrected chi connectivity index (χ0v) is 22.2. The molecule has 0 aromatic heterocycles. The topological polar surface area (TPSA) is 191 Å². The third kappa shape index (κ3) is 12.7. The van der Waals surface area contributed by atoms with Crippen LogP contribution in [0.25, 0.3) is 0 Å². The average Bonchev–Trinajstić information content (AvgIpc) is 2.77. The van der Waals surface area contributed by atoms with E-state index in [1.54, 1.807) is 20.8 Å². The fraction of sp³-hybridized carbons (Fsp3) is 0.714. The molecule has 2 amide bonds. The Morgan fingerprint density at radius 1 is 1.03 bits per heavy atom. The normalized spacial score (nSPS) is 20.7. The highest BCUT2D eigenvalue weighted by atomic mass is 32.2. The van der Waals surface area contributed by atoms with Crippen LogP contribution in [0.3, 0.4) is 0 Å². The van der Waals surface area contributed by atoms with Crippen LogP contribution in [0.1, 0.15) is 52.9 Å². The largest absolute Gasteiger partial charge is 0.472 e. The van der Waals surface area contributed by atoms with Crippen molar-refractivity contribution >= 4 is 54.1 Å². The Balaban J connectivity index is 2.19. The minimum atomic E-state index is -4.30. The molecule has 1 aliphatic heterocycles. The van der Waals surface area contributed by atoms with E-state index in [0.717, 1.165) is 11.8 Å². The Bertz CT molecular complexity index is 893. The van der Waals surface area contributed by atoms with Gasteiger partial charge in [-0.3, -0.25) is 37.8 Å². The molecule has 36 heavy (non-hydrogen) atoms. The van der Waals surface area contributed by atoms with Crippen molar-refractivity contribution in [2.75, 3.05) is 32.1 Å². The van der Waals surface area contributed by atoms with Crippen LogP contribution in [-0.2, 0) is 47.1 Å². The number of ether oxygens (including phenoxy) is 1. The average molecular weight is 553 g/mol. The quantitative estimate of drug-likeness (QED) is 0.112. The fourth-order valence-electron chi connectivity index (χ4n) is 2.93. The number of hydrogen-bond acceptors (Lipinski definition) is 11. The first-order chi connectivity index (χ1) is 16.8. The number of hydrogen-bond donors (Lipinski definition) is 3. The number of phosphoric acid groups is 1. The molecular weight excluding hydrogens is 519 g/mol. The van der Waals surface area contributed by atoms with Crippen molar-refractivity contribution in [2.24, 2.45) is 5.41 Å². The highest BCUT2D eigenvalue weighted by Gasteiger charge is 2.47. The van der Waals surface area contributed by atoms with Crippen LogP contribution < -0.4 is 10.6 Å². The lowest BCUT2D eigenvalue weighted by atomic mass is 9.87. The van der Waals surface area contributed by atoms with Gasteiger partial charge in [0.2, 0.25) is 11.8 Å². The van der Waals surface area contributed by atoms with Gasteiger partial charge in [-0.05, 0) is 6.92 Å². The molecule has 1 rings (SSSR count). The smallest absolute Gasteiger partial charge is 0.466 e. The van der Waals surface area contributed by atoms with Crippen molar-refractivity contribution in [3.8, 4) is 0 Å². The third-order valence-electron chi connectivity index (χ3n) is 4.77. The summed E-state index contributed by atoms with van der Waals surface area (Å²) < 4.78 is 25.9. The van der Waals surface area contributed by atoms with Crippen LogP contribution in [0.4, 0.5) is 0 Å². The summed E-state index contributed by atoms with van der Waals surface area (Å²) in [7, 11) is -4.30. The second kappa shape index (κ2) is 15.2. The molecule has 2 atom stereocenters. The third-order valence-corrected chi connectivity index (χ3v) is 6.58.